The van der Waals surface area contributed by atoms with Gasteiger partial charge in [-0.25, -0.2) is 31.1 Å². The Balaban J connectivity index is 1.45. The first kappa shape index (κ1) is 30.5. The number of carboxylic acids is 1. The van der Waals surface area contributed by atoms with E-state index in [2.05, 4.69) is 11.4 Å². The topological polar surface area (TPSA) is 138 Å². The SMILES string of the molecule is Cc1ccc(S(=O)(=O)n2cc(-c3nc(NC4C5CCC(CC5)C4C(=O)O)cc(-c4ccccc4C#N)n3)c3cc(F)cc(F)c32)cc1. The summed E-state index contributed by atoms with van der Waals surface area (Å²) in [5.41, 5.74) is 1.54. The predicted octanol–water partition coefficient (Wildman–Crippen LogP) is 6.76. The van der Waals surface area contributed by atoms with Crippen molar-refractivity contribution >= 4 is 32.7 Å². The number of aliphatic carboxylic acids is 1. The number of rotatable bonds is 7. The molecule has 3 fully saturated rings. The highest BCUT2D eigenvalue weighted by atomic mass is 32.2. The maximum atomic E-state index is 15.5. The van der Waals surface area contributed by atoms with Gasteiger partial charge >= 0.3 is 5.97 Å². The van der Waals surface area contributed by atoms with Gasteiger partial charge in [-0.15, -0.1) is 0 Å². The highest BCUT2D eigenvalue weighted by molar-refractivity contribution is 7.90. The Morgan fingerprint density at radius 2 is 1.68 bits per heavy atom. The summed E-state index contributed by atoms with van der Waals surface area (Å²) in [6, 6.07) is 17.8. The van der Waals surface area contributed by atoms with Crippen molar-refractivity contribution in [3.05, 3.63) is 95.7 Å². The van der Waals surface area contributed by atoms with Crippen molar-refractivity contribution in [3.8, 4) is 28.7 Å². The van der Waals surface area contributed by atoms with Gasteiger partial charge in [-0.05, 0) is 68.7 Å². The summed E-state index contributed by atoms with van der Waals surface area (Å²) in [7, 11) is -4.36. The molecule has 0 aliphatic heterocycles. The average molecular weight is 654 g/mol. The summed E-state index contributed by atoms with van der Waals surface area (Å²) >= 11 is 0. The number of aryl methyl sites for hydroxylation is 1. The third-order valence-electron chi connectivity index (χ3n) is 9.47. The summed E-state index contributed by atoms with van der Waals surface area (Å²) in [5.74, 6) is -3.23. The Morgan fingerprint density at radius 3 is 2.38 bits per heavy atom. The van der Waals surface area contributed by atoms with Gasteiger partial charge in [-0.3, -0.25) is 4.79 Å². The number of benzene rings is 3. The number of nitrogens with zero attached hydrogens (tertiary/aromatic N) is 4. The summed E-state index contributed by atoms with van der Waals surface area (Å²) < 4.78 is 58.8. The standard InChI is InChI=1S/C35H29F2N5O4S/c1-19-6-12-24(13-7-19)47(45,46)42-18-27(26-14-23(36)15-28(37)33(26)42)34-39-29(25-5-3-2-4-22(25)17-38)16-30(41-34)40-32-21-10-8-20(9-11-21)31(32)35(43)44/h2-7,12-16,18,20-21,31-32H,8-11H2,1H3,(H,43,44)(H,39,40,41). The van der Waals surface area contributed by atoms with E-state index >= 15 is 4.39 Å². The molecule has 0 radical (unpaired) electrons. The fraction of sp³-hybridized carbons (Fsp3) is 0.257. The number of hydrogen-bond acceptors (Lipinski definition) is 7. The van der Waals surface area contributed by atoms with E-state index in [0.717, 1.165) is 41.3 Å². The minimum Gasteiger partial charge on any atom is -0.481 e. The van der Waals surface area contributed by atoms with Crippen LogP contribution >= 0.6 is 0 Å². The van der Waals surface area contributed by atoms with E-state index in [1.807, 2.05) is 0 Å². The Labute approximate surface area is 269 Å². The van der Waals surface area contributed by atoms with E-state index < -0.39 is 39.6 Å². The smallest absolute Gasteiger partial charge is 0.308 e. The minimum absolute atomic E-state index is 0.0194. The summed E-state index contributed by atoms with van der Waals surface area (Å²) in [6.45, 7) is 1.81. The predicted molar refractivity (Wildman–Crippen MR) is 171 cm³/mol. The lowest BCUT2D eigenvalue weighted by Gasteiger charge is -2.47. The fourth-order valence-electron chi connectivity index (χ4n) is 7.21. The second-order valence-corrected chi connectivity index (χ2v) is 14.1. The van der Waals surface area contributed by atoms with Crippen molar-refractivity contribution in [1.29, 1.82) is 5.26 Å². The van der Waals surface area contributed by atoms with Crippen LogP contribution in [-0.2, 0) is 14.8 Å². The van der Waals surface area contributed by atoms with E-state index in [-0.39, 0.29) is 44.8 Å². The van der Waals surface area contributed by atoms with Crippen molar-refractivity contribution in [1.82, 2.24) is 13.9 Å². The number of anilines is 1. The highest BCUT2D eigenvalue weighted by Crippen LogP contribution is 2.46. The second-order valence-electron chi connectivity index (χ2n) is 12.3. The van der Waals surface area contributed by atoms with Crippen LogP contribution in [0.1, 0.15) is 36.8 Å². The summed E-state index contributed by atoms with van der Waals surface area (Å²) in [6.07, 6.45) is 4.59. The number of fused-ring (bicyclic) bond motifs is 4. The Hall–Kier alpha value is -5.15. The van der Waals surface area contributed by atoms with E-state index in [1.165, 1.54) is 18.3 Å². The van der Waals surface area contributed by atoms with E-state index in [9.17, 15) is 28.0 Å². The molecular formula is C35H29F2N5O4S. The van der Waals surface area contributed by atoms with Crippen LogP contribution in [0.5, 0.6) is 0 Å². The quantitative estimate of drug-likeness (QED) is 0.197. The van der Waals surface area contributed by atoms with Gasteiger partial charge in [0.2, 0.25) is 0 Å². The molecule has 2 atom stereocenters. The molecule has 2 N–H and O–H groups in total. The van der Waals surface area contributed by atoms with Gasteiger partial charge in [0.1, 0.15) is 17.2 Å². The van der Waals surface area contributed by atoms with Crippen LogP contribution in [0, 0.1) is 47.6 Å². The number of halogens is 2. The van der Waals surface area contributed by atoms with Crippen LogP contribution in [0.25, 0.3) is 33.5 Å². The van der Waals surface area contributed by atoms with Crippen LogP contribution < -0.4 is 5.32 Å². The normalized spacial score (nSPS) is 20.6. The number of hydrogen-bond donors (Lipinski definition) is 2. The zero-order valence-electron chi connectivity index (χ0n) is 25.2. The fourth-order valence-corrected chi connectivity index (χ4v) is 8.58. The van der Waals surface area contributed by atoms with Gasteiger partial charge in [0.25, 0.3) is 10.0 Å². The largest absolute Gasteiger partial charge is 0.481 e. The first-order valence-corrected chi connectivity index (χ1v) is 16.7. The molecule has 238 valence electrons. The van der Waals surface area contributed by atoms with Crippen molar-refractivity contribution in [2.24, 2.45) is 17.8 Å². The van der Waals surface area contributed by atoms with Gasteiger partial charge < -0.3 is 10.4 Å². The Morgan fingerprint density at radius 1 is 0.979 bits per heavy atom. The van der Waals surface area contributed by atoms with Crippen molar-refractivity contribution < 1.29 is 27.1 Å². The van der Waals surface area contributed by atoms with Crippen LogP contribution in [-0.4, -0.2) is 39.5 Å². The summed E-state index contributed by atoms with van der Waals surface area (Å²) in [4.78, 5) is 21.7. The van der Waals surface area contributed by atoms with E-state index in [0.29, 0.717) is 22.9 Å². The third kappa shape index (κ3) is 5.30. The van der Waals surface area contributed by atoms with Crippen LogP contribution in [0.15, 0.2) is 77.8 Å². The molecule has 3 saturated carbocycles. The lowest BCUT2D eigenvalue weighted by Crippen LogP contribution is -2.51. The lowest BCUT2D eigenvalue weighted by molar-refractivity contribution is -0.148. The lowest BCUT2D eigenvalue weighted by atomic mass is 9.61. The van der Waals surface area contributed by atoms with Crippen molar-refractivity contribution in [2.75, 3.05) is 5.32 Å². The molecule has 0 saturated heterocycles. The monoisotopic (exact) mass is 653 g/mol. The molecular weight excluding hydrogens is 624 g/mol. The van der Waals surface area contributed by atoms with Gasteiger partial charge in [0.15, 0.2) is 11.6 Å². The molecule has 3 aliphatic rings. The van der Waals surface area contributed by atoms with Crippen LogP contribution in [0.4, 0.5) is 14.6 Å². The molecule has 12 heteroatoms. The second kappa shape index (κ2) is 11.6. The molecule has 0 spiro atoms. The average Bonchev–Trinajstić information content (AvgIpc) is 3.46. The molecule has 5 aromatic rings. The van der Waals surface area contributed by atoms with Crippen molar-refractivity contribution in [2.45, 2.75) is 43.5 Å². The summed E-state index contributed by atoms with van der Waals surface area (Å²) in [5, 5.41) is 23.3. The van der Waals surface area contributed by atoms with Crippen LogP contribution in [0.3, 0.4) is 0 Å². The Kier molecular flexibility index (Phi) is 7.51. The molecule has 3 aromatic carbocycles. The Bertz CT molecular complexity index is 2200. The number of carbonyl (C=O) groups is 1. The van der Waals surface area contributed by atoms with Gasteiger partial charge in [0, 0.05) is 40.9 Å². The highest BCUT2D eigenvalue weighted by Gasteiger charge is 2.47. The first-order valence-electron chi connectivity index (χ1n) is 15.3. The molecule has 9 nitrogen and oxygen atoms in total. The third-order valence-corrected chi connectivity index (χ3v) is 11.1. The molecule has 47 heavy (non-hydrogen) atoms. The van der Waals surface area contributed by atoms with Crippen molar-refractivity contribution in [3.63, 3.8) is 0 Å². The number of nitrogens with one attached hydrogen (secondary N) is 1. The molecule has 2 heterocycles. The number of carboxylic acid groups (broad SMARTS) is 1. The molecule has 2 aromatic heterocycles. The zero-order valence-corrected chi connectivity index (χ0v) is 26.0. The minimum atomic E-state index is -4.36. The first-order chi connectivity index (χ1) is 22.5. The molecule has 0 amide bonds. The van der Waals surface area contributed by atoms with E-state index in [1.54, 1.807) is 49.4 Å². The number of nitriles is 1. The van der Waals surface area contributed by atoms with Gasteiger partial charge in [0.05, 0.1) is 28.1 Å². The maximum absolute atomic E-state index is 15.5. The molecule has 3 aliphatic carbocycles. The maximum Gasteiger partial charge on any atom is 0.308 e. The van der Waals surface area contributed by atoms with Crippen LogP contribution in [0.2, 0.25) is 0 Å². The zero-order chi connectivity index (χ0) is 33.0. The van der Waals surface area contributed by atoms with Gasteiger partial charge in [-0.2, -0.15) is 5.26 Å². The van der Waals surface area contributed by atoms with E-state index in [4.69, 9.17) is 9.97 Å². The molecule has 8 rings (SSSR count). The molecule has 2 bridgehead atoms. The molecule has 2 unspecified atom stereocenters. The van der Waals surface area contributed by atoms with Gasteiger partial charge in [-0.1, -0.05) is 35.9 Å². The number of aromatic nitrogens is 3.